The Balaban J connectivity index is 1.95. The lowest BCUT2D eigenvalue weighted by Gasteiger charge is -2.35. The standard InChI is InChI=1S/C14H18BrN3/c1-3-4-5-17-6-8-18(9-7-17)14-12(2)10-13(15)11-16-14/h1,10-11H,4-9H2,2H3. The van der Waals surface area contributed by atoms with Gasteiger partial charge in [0.05, 0.1) is 0 Å². The van der Waals surface area contributed by atoms with E-state index in [9.17, 15) is 0 Å². The van der Waals surface area contributed by atoms with Crippen molar-refractivity contribution in [2.75, 3.05) is 37.6 Å². The minimum Gasteiger partial charge on any atom is -0.354 e. The van der Waals surface area contributed by atoms with E-state index in [1.54, 1.807) is 0 Å². The molecule has 1 aliphatic rings. The van der Waals surface area contributed by atoms with Crippen LogP contribution < -0.4 is 4.90 Å². The summed E-state index contributed by atoms with van der Waals surface area (Å²) in [6, 6.07) is 2.12. The first-order valence-electron chi connectivity index (χ1n) is 6.23. The number of pyridine rings is 1. The number of rotatable bonds is 3. The number of nitrogens with zero attached hydrogens (tertiary/aromatic N) is 3. The molecular weight excluding hydrogens is 290 g/mol. The Morgan fingerprint density at radius 3 is 2.72 bits per heavy atom. The van der Waals surface area contributed by atoms with Gasteiger partial charge in [-0.25, -0.2) is 4.98 Å². The smallest absolute Gasteiger partial charge is 0.131 e. The van der Waals surface area contributed by atoms with Crippen LogP contribution in [0.1, 0.15) is 12.0 Å². The van der Waals surface area contributed by atoms with Gasteiger partial charge >= 0.3 is 0 Å². The van der Waals surface area contributed by atoms with Gasteiger partial charge in [0.15, 0.2) is 0 Å². The zero-order valence-corrected chi connectivity index (χ0v) is 12.3. The van der Waals surface area contributed by atoms with Crippen molar-refractivity contribution < 1.29 is 0 Å². The van der Waals surface area contributed by atoms with Crippen molar-refractivity contribution >= 4 is 21.7 Å². The third-order valence-corrected chi connectivity index (χ3v) is 3.70. The van der Waals surface area contributed by atoms with Crippen molar-refractivity contribution in [1.29, 1.82) is 0 Å². The Morgan fingerprint density at radius 2 is 2.11 bits per heavy atom. The molecule has 1 aliphatic heterocycles. The van der Waals surface area contributed by atoms with Gasteiger partial charge in [0, 0.05) is 49.8 Å². The van der Waals surface area contributed by atoms with Crippen LogP contribution in [0.15, 0.2) is 16.7 Å². The topological polar surface area (TPSA) is 19.4 Å². The molecule has 96 valence electrons. The van der Waals surface area contributed by atoms with Crippen LogP contribution in [0.4, 0.5) is 5.82 Å². The Bertz CT molecular complexity index is 445. The summed E-state index contributed by atoms with van der Waals surface area (Å²) in [5, 5.41) is 0. The van der Waals surface area contributed by atoms with E-state index in [-0.39, 0.29) is 0 Å². The molecular formula is C14H18BrN3. The molecule has 0 aliphatic carbocycles. The summed E-state index contributed by atoms with van der Waals surface area (Å²) in [5.74, 6) is 3.81. The van der Waals surface area contributed by atoms with Gasteiger partial charge in [0.25, 0.3) is 0 Å². The van der Waals surface area contributed by atoms with E-state index in [1.807, 2.05) is 6.20 Å². The average molecular weight is 308 g/mol. The van der Waals surface area contributed by atoms with Gasteiger partial charge < -0.3 is 4.90 Å². The molecule has 2 heterocycles. The van der Waals surface area contributed by atoms with Gasteiger partial charge in [-0.1, -0.05) is 0 Å². The van der Waals surface area contributed by atoms with Crippen molar-refractivity contribution in [2.45, 2.75) is 13.3 Å². The van der Waals surface area contributed by atoms with Gasteiger partial charge in [0.2, 0.25) is 0 Å². The number of piperazine rings is 1. The Morgan fingerprint density at radius 1 is 1.39 bits per heavy atom. The van der Waals surface area contributed by atoms with Crippen LogP contribution in [0.2, 0.25) is 0 Å². The molecule has 0 saturated carbocycles. The van der Waals surface area contributed by atoms with E-state index in [0.717, 1.165) is 49.4 Å². The van der Waals surface area contributed by atoms with Crippen LogP contribution in [0.3, 0.4) is 0 Å². The minimum absolute atomic E-state index is 0.843. The van der Waals surface area contributed by atoms with Crippen LogP contribution >= 0.6 is 15.9 Å². The van der Waals surface area contributed by atoms with E-state index in [1.165, 1.54) is 5.56 Å². The maximum Gasteiger partial charge on any atom is 0.131 e. The van der Waals surface area contributed by atoms with E-state index in [4.69, 9.17) is 6.42 Å². The summed E-state index contributed by atoms with van der Waals surface area (Å²) in [6.07, 6.45) is 8.01. The molecule has 0 radical (unpaired) electrons. The van der Waals surface area contributed by atoms with E-state index < -0.39 is 0 Å². The molecule has 0 bridgehead atoms. The first-order valence-corrected chi connectivity index (χ1v) is 7.03. The molecule has 18 heavy (non-hydrogen) atoms. The molecule has 3 nitrogen and oxygen atoms in total. The zero-order valence-electron chi connectivity index (χ0n) is 10.7. The quantitative estimate of drug-likeness (QED) is 0.799. The summed E-state index contributed by atoms with van der Waals surface area (Å²) in [5.41, 5.74) is 1.22. The summed E-state index contributed by atoms with van der Waals surface area (Å²) in [4.78, 5) is 9.29. The Kier molecular flexibility index (Phi) is 4.62. The SMILES string of the molecule is C#CCCN1CCN(c2ncc(Br)cc2C)CC1. The zero-order chi connectivity index (χ0) is 13.0. The molecule has 0 atom stereocenters. The van der Waals surface area contributed by atoms with E-state index in [0.29, 0.717) is 0 Å². The first-order chi connectivity index (χ1) is 8.70. The van der Waals surface area contributed by atoms with E-state index in [2.05, 4.69) is 49.6 Å². The van der Waals surface area contributed by atoms with Crippen molar-refractivity contribution in [3.05, 3.63) is 22.3 Å². The molecule has 0 unspecified atom stereocenters. The lowest BCUT2D eigenvalue weighted by molar-refractivity contribution is 0.263. The second-order valence-corrected chi connectivity index (χ2v) is 5.49. The number of aromatic nitrogens is 1. The Labute approximate surface area is 117 Å². The molecule has 1 saturated heterocycles. The van der Waals surface area contributed by atoms with Gasteiger partial charge in [-0.05, 0) is 34.5 Å². The van der Waals surface area contributed by atoms with Crippen molar-refractivity contribution in [3.63, 3.8) is 0 Å². The third kappa shape index (κ3) is 3.24. The highest BCUT2D eigenvalue weighted by atomic mass is 79.9. The first kappa shape index (κ1) is 13.4. The van der Waals surface area contributed by atoms with Gasteiger partial charge in [-0.3, -0.25) is 4.90 Å². The molecule has 0 aromatic carbocycles. The summed E-state index contributed by atoms with van der Waals surface area (Å²) in [7, 11) is 0. The highest BCUT2D eigenvalue weighted by Gasteiger charge is 2.18. The third-order valence-electron chi connectivity index (χ3n) is 3.26. The fourth-order valence-electron chi connectivity index (χ4n) is 2.27. The van der Waals surface area contributed by atoms with Crippen LogP contribution in [0, 0.1) is 19.3 Å². The summed E-state index contributed by atoms with van der Waals surface area (Å²) in [6.45, 7) is 7.31. The second-order valence-electron chi connectivity index (χ2n) is 4.58. The van der Waals surface area contributed by atoms with Crippen LogP contribution in [0.5, 0.6) is 0 Å². The highest BCUT2D eigenvalue weighted by Crippen LogP contribution is 2.21. The van der Waals surface area contributed by atoms with Crippen LogP contribution in [-0.2, 0) is 0 Å². The van der Waals surface area contributed by atoms with E-state index >= 15 is 0 Å². The van der Waals surface area contributed by atoms with Gasteiger partial charge in [-0.2, -0.15) is 0 Å². The van der Waals surface area contributed by atoms with Crippen LogP contribution in [0.25, 0.3) is 0 Å². The molecule has 1 aromatic rings. The van der Waals surface area contributed by atoms with Crippen molar-refractivity contribution in [3.8, 4) is 12.3 Å². The maximum atomic E-state index is 5.30. The van der Waals surface area contributed by atoms with Crippen molar-refractivity contribution in [2.24, 2.45) is 0 Å². The van der Waals surface area contributed by atoms with Crippen molar-refractivity contribution in [1.82, 2.24) is 9.88 Å². The largest absolute Gasteiger partial charge is 0.354 e. The number of halogens is 1. The lowest BCUT2D eigenvalue weighted by Crippen LogP contribution is -2.47. The van der Waals surface area contributed by atoms with Gasteiger partial charge in [0.1, 0.15) is 5.82 Å². The second kappa shape index (κ2) is 6.21. The summed E-state index contributed by atoms with van der Waals surface area (Å²) < 4.78 is 1.04. The molecule has 1 aromatic heterocycles. The predicted molar refractivity (Wildman–Crippen MR) is 78.8 cm³/mol. The highest BCUT2D eigenvalue weighted by molar-refractivity contribution is 9.10. The molecule has 0 spiro atoms. The molecule has 2 rings (SSSR count). The number of terminal acetylenes is 1. The number of hydrogen-bond donors (Lipinski definition) is 0. The molecule has 0 N–H and O–H groups in total. The molecule has 1 fully saturated rings. The normalized spacial score (nSPS) is 16.6. The number of aryl methyl sites for hydroxylation is 1. The van der Waals surface area contributed by atoms with Gasteiger partial charge in [-0.15, -0.1) is 12.3 Å². The van der Waals surface area contributed by atoms with Crippen LogP contribution in [-0.4, -0.2) is 42.6 Å². The monoisotopic (exact) mass is 307 g/mol. The molecule has 4 heteroatoms. The maximum absolute atomic E-state index is 5.30. The number of anilines is 1. The average Bonchev–Trinajstić information content (AvgIpc) is 2.37. The predicted octanol–water partition coefficient (Wildman–Crippen LogP) is 2.30. The molecule has 0 amide bonds. The fraction of sp³-hybridized carbons (Fsp3) is 0.500. The summed E-state index contributed by atoms with van der Waals surface area (Å²) >= 11 is 3.45. The lowest BCUT2D eigenvalue weighted by atomic mass is 10.2. The number of hydrogen-bond acceptors (Lipinski definition) is 3. The minimum atomic E-state index is 0.843. The fourth-order valence-corrected chi connectivity index (χ4v) is 2.72. The Hall–Kier alpha value is -1.05.